The topological polar surface area (TPSA) is 6.48 Å². The molecule has 4 rings (SSSR count). The summed E-state index contributed by atoms with van der Waals surface area (Å²) in [5, 5.41) is 0. The summed E-state index contributed by atoms with van der Waals surface area (Å²) in [6.45, 7) is 5.03. The fourth-order valence-electron chi connectivity index (χ4n) is 4.55. The third kappa shape index (κ3) is 4.07. The molecular formula is C23H30N2. The van der Waals surface area contributed by atoms with Crippen LogP contribution in [0.15, 0.2) is 54.6 Å². The second kappa shape index (κ2) is 8.05. The Kier molecular flexibility index (Phi) is 5.37. The molecule has 1 heterocycles. The molecule has 0 bridgehead atoms. The third-order valence-corrected chi connectivity index (χ3v) is 5.88. The van der Waals surface area contributed by atoms with E-state index in [1.54, 1.807) is 11.1 Å². The maximum absolute atomic E-state index is 2.67. The molecule has 1 saturated heterocycles. The van der Waals surface area contributed by atoms with Crippen molar-refractivity contribution in [3.8, 4) is 0 Å². The standard InChI is InChI=1S/C23H30N2/c1-3-12-22(13-4-1)25(17-9-16-24-14-7-2-8-15-24)23-18-20-10-5-6-11-21(20)19-23/h1,3-6,10-13,23H,2,7-9,14-19H2. The lowest BCUT2D eigenvalue weighted by atomic mass is 10.1. The van der Waals surface area contributed by atoms with E-state index in [0.717, 1.165) is 0 Å². The van der Waals surface area contributed by atoms with Crippen LogP contribution in [0.5, 0.6) is 0 Å². The summed E-state index contributed by atoms with van der Waals surface area (Å²) in [7, 11) is 0. The summed E-state index contributed by atoms with van der Waals surface area (Å²) < 4.78 is 0. The van der Waals surface area contributed by atoms with Gasteiger partial charge in [-0.2, -0.15) is 0 Å². The van der Waals surface area contributed by atoms with E-state index in [1.807, 2.05) is 0 Å². The maximum atomic E-state index is 2.67. The summed E-state index contributed by atoms with van der Waals surface area (Å²) in [5.41, 5.74) is 4.48. The lowest BCUT2D eigenvalue weighted by Crippen LogP contribution is -2.39. The fraction of sp³-hybridized carbons (Fsp3) is 0.478. The third-order valence-electron chi connectivity index (χ3n) is 5.88. The molecule has 132 valence electrons. The number of fused-ring (bicyclic) bond motifs is 1. The van der Waals surface area contributed by atoms with E-state index in [-0.39, 0.29) is 0 Å². The number of nitrogens with zero attached hydrogens (tertiary/aromatic N) is 2. The van der Waals surface area contributed by atoms with Gasteiger partial charge in [-0.3, -0.25) is 0 Å². The van der Waals surface area contributed by atoms with E-state index in [9.17, 15) is 0 Å². The summed E-state index contributed by atoms with van der Waals surface area (Å²) in [6, 6.07) is 20.6. The van der Waals surface area contributed by atoms with Crippen LogP contribution in [0.25, 0.3) is 0 Å². The molecule has 0 unspecified atom stereocenters. The normalized spacial score (nSPS) is 18.2. The zero-order chi connectivity index (χ0) is 16.9. The van der Waals surface area contributed by atoms with Crippen LogP contribution >= 0.6 is 0 Å². The summed E-state index contributed by atoms with van der Waals surface area (Å²) >= 11 is 0. The summed E-state index contributed by atoms with van der Waals surface area (Å²) in [4.78, 5) is 5.33. The molecule has 2 heteroatoms. The van der Waals surface area contributed by atoms with Crippen molar-refractivity contribution in [3.05, 3.63) is 65.7 Å². The first kappa shape index (κ1) is 16.7. The van der Waals surface area contributed by atoms with Crippen molar-refractivity contribution in [1.29, 1.82) is 0 Å². The minimum atomic E-state index is 0.612. The molecule has 2 aromatic rings. The maximum Gasteiger partial charge on any atom is 0.0370 e. The Hall–Kier alpha value is -1.80. The Bertz CT molecular complexity index is 636. The molecule has 0 amide bonds. The molecule has 1 aliphatic carbocycles. The first-order valence-electron chi connectivity index (χ1n) is 10.0. The van der Waals surface area contributed by atoms with Crippen molar-refractivity contribution >= 4 is 5.69 Å². The van der Waals surface area contributed by atoms with Crippen LogP contribution in [-0.2, 0) is 12.8 Å². The molecule has 0 saturated carbocycles. The molecule has 1 aliphatic heterocycles. The lowest BCUT2D eigenvalue weighted by molar-refractivity contribution is 0.226. The Balaban J connectivity index is 1.42. The smallest absolute Gasteiger partial charge is 0.0370 e. The van der Waals surface area contributed by atoms with Gasteiger partial charge in [0.05, 0.1) is 0 Å². The number of hydrogen-bond acceptors (Lipinski definition) is 2. The summed E-state index contributed by atoms with van der Waals surface area (Å²) in [5.74, 6) is 0. The molecule has 1 fully saturated rings. The van der Waals surface area contributed by atoms with Crippen LogP contribution in [-0.4, -0.2) is 37.1 Å². The van der Waals surface area contributed by atoms with Gasteiger partial charge in [0.25, 0.3) is 0 Å². The van der Waals surface area contributed by atoms with Gasteiger partial charge >= 0.3 is 0 Å². The van der Waals surface area contributed by atoms with E-state index < -0.39 is 0 Å². The quantitative estimate of drug-likeness (QED) is 0.765. The zero-order valence-corrected chi connectivity index (χ0v) is 15.2. The summed E-state index contributed by atoms with van der Waals surface area (Å²) in [6.07, 6.45) is 7.85. The lowest BCUT2D eigenvalue weighted by Gasteiger charge is -2.33. The Morgan fingerprint density at radius 2 is 1.44 bits per heavy atom. The van der Waals surface area contributed by atoms with Crippen molar-refractivity contribution in [1.82, 2.24) is 4.90 Å². The van der Waals surface area contributed by atoms with Crippen LogP contribution in [0.2, 0.25) is 0 Å². The highest BCUT2D eigenvalue weighted by Gasteiger charge is 2.26. The van der Waals surface area contributed by atoms with E-state index in [1.165, 1.54) is 70.4 Å². The minimum Gasteiger partial charge on any atom is -0.368 e. The Morgan fingerprint density at radius 1 is 0.800 bits per heavy atom. The molecule has 2 aromatic carbocycles. The minimum absolute atomic E-state index is 0.612. The van der Waals surface area contributed by atoms with E-state index >= 15 is 0 Å². The number of anilines is 1. The number of rotatable bonds is 6. The van der Waals surface area contributed by atoms with Gasteiger partial charge in [0.1, 0.15) is 0 Å². The highest BCUT2D eigenvalue weighted by molar-refractivity contribution is 5.49. The van der Waals surface area contributed by atoms with Crippen LogP contribution < -0.4 is 4.90 Å². The monoisotopic (exact) mass is 334 g/mol. The average Bonchev–Trinajstić information content (AvgIpc) is 3.10. The van der Waals surface area contributed by atoms with E-state index in [4.69, 9.17) is 0 Å². The number of likely N-dealkylation sites (tertiary alicyclic amines) is 1. The molecule has 0 radical (unpaired) electrons. The highest BCUT2D eigenvalue weighted by Crippen LogP contribution is 2.29. The van der Waals surface area contributed by atoms with Gasteiger partial charge in [0.15, 0.2) is 0 Å². The van der Waals surface area contributed by atoms with Crippen molar-refractivity contribution in [3.63, 3.8) is 0 Å². The highest BCUT2D eigenvalue weighted by atomic mass is 15.2. The van der Waals surface area contributed by atoms with Crippen molar-refractivity contribution in [2.24, 2.45) is 0 Å². The van der Waals surface area contributed by atoms with E-state index in [2.05, 4.69) is 64.4 Å². The molecule has 0 atom stereocenters. The molecule has 2 aliphatic rings. The van der Waals surface area contributed by atoms with Crippen molar-refractivity contribution < 1.29 is 0 Å². The molecule has 25 heavy (non-hydrogen) atoms. The first-order chi connectivity index (χ1) is 12.4. The van der Waals surface area contributed by atoms with Gasteiger partial charge in [0, 0.05) is 18.3 Å². The van der Waals surface area contributed by atoms with Gasteiger partial charge in [-0.15, -0.1) is 0 Å². The van der Waals surface area contributed by atoms with Crippen LogP contribution in [0.1, 0.15) is 36.8 Å². The molecular weight excluding hydrogens is 304 g/mol. The average molecular weight is 335 g/mol. The Labute approximate surface area is 152 Å². The predicted molar refractivity (Wildman–Crippen MR) is 106 cm³/mol. The van der Waals surface area contributed by atoms with Gasteiger partial charge in [0.2, 0.25) is 0 Å². The van der Waals surface area contributed by atoms with Gasteiger partial charge in [-0.05, 0) is 75.0 Å². The zero-order valence-electron chi connectivity index (χ0n) is 15.2. The SMILES string of the molecule is c1ccc(N(CCCN2CCCCC2)C2Cc3ccccc3C2)cc1. The van der Waals surface area contributed by atoms with Gasteiger partial charge in [-0.25, -0.2) is 0 Å². The van der Waals surface area contributed by atoms with Crippen LogP contribution in [0, 0.1) is 0 Å². The van der Waals surface area contributed by atoms with E-state index in [0.29, 0.717) is 6.04 Å². The Morgan fingerprint density at radius 3 is 2.12 bits per heavy atom. The number of piperidine rings is 1. The van der Waals surface area contributed by atoms with Crippen LogP contribution in [0.4, 0.5) is 5.69 Å². The van der Waals surface area contributed by atoms with Gasteiger partial charge in [-0.1, -0.05) is 48.9 Å². The molecule has 2 nitrogen and oxygen atoms in total. The molecule has 0 aromatic heterocycles. The largest absolute Gasteiger partial charge is 0.368 e. The first-order valence-corrected chi connectivity index (χ1v) is 10.0. The predicted octanol–water partition coefficient (Wildman–Crippen LogP) is 4.54. The number of benzene rings is 2. The second-order valence-electron chi connectivity index (χ2n) is 7.62. The van der Waals surface area contributed by atoms with Gasteiger partial charge < -0.3 is 9.80 Å². The fourth-order valence-corrected chi connectivity index (χ4v) is 4.55. The number of hydrogen-bond donors (Lipinski definition) is 0. The van der Waals surface area contributed by atoms with Crippen molar-refractivity contribution in [2.45, 2.75) is 44.6 Å². The number of para-hydroxylation sites is 1. The molecule has 0 spiro atoms. The van der Waals surface area contributed by atoms with Crippen LogP contribution in [0.3, 0.4) is 0 Å². The molecule has 0 N–H and O–H groups in total. The van der Waals surface area contributed by atoms with Crippen molar-refractivity contribution in [2.75, 3.05) is 31.1 Å². The second-order valence-corrected chi connectivity index (χ2v) is 7.62.